The molecular formula is C19H32IN3O3. The predicted molar refractivity (Wildman–Crippen MR) is 116 cm³/mol. The van der Waals surface area contributed by atoms with E-state index in [1.165, 1.54) is 0 Å². The summed E-state index contributed by atoms with van der Waals surface area (Å²) < 4.78 is 16.7. The molecule has 1 unspecified atom stereocenters. The molecule has 0 radical (unpaired) electrons. The smallest absolute Gasteiger partial charge is 0.191 e. The van der Waals surface area contributed by atoms with Crippen molar-refractivity contribution >= 4 is 29.9 Å². The molecule has 6 nitrogen and oxygen atoms in total. The molecule has 2 rings (SSSR count). The van der Waals surface area contributed by atoms with Gasteiger partial charge in [0, 0.05) is 19.7 Å². The largest absolute Gasteiger partial charge is 0.497 e. The summed E-state index contributed by atoms with van der Waals surface area (Å²) in [6.45, 7) is 8.41. The molecule has 7 heteroatoms. The van der Waals surface area contributed by atoms with Crippen LogP contribution in [0.15, 0.2) is 29.3 Å². The minimum Gasteiger partial charge on any atom is -0.497 e. The van der Waals surface area contributed by atoms with Gasteiger partial charge in [0.25, 0.3) is 0 Å². The van der Waals surface area contributed by atoms with E-state index in [1.807, 2.05) is 24.3 Å². The first-order valence-corrected chi connectivity index (χ1v) is 9.02. The molecule has 2 N–H and O–H groups in total. The third-order valence-electron chi connectivity index (χ3n) is 4.16. The number of methoxy groups -OCH3 is 1. The minimum atomic E-state index is -0.120. The predicted octanol–water partition coefficient (Wildman–Crippen LogP) is 2.95. The number of guanidine groups is 1. The quantitative estimate of drug-likeness (QED) is 0.248. The fraction of sp³-hybridized carbons (Fsp3) is 0.632. The van der Waals surface area contributed by atoms with Gasteiger partial charge in [-0.05, 0) is 44.4 Å². The molecule has 148 valence electrons. The molecule has 1 aromatic rings. The van der Waals surface area contributed by atoms with Crippen molar-refractivity contribution in [1.29, 1.82) is 0 Å². The first-order valence-electron chi connectivity index (χ1n) is 9.02. The number of nitrogens with zero attached hydrogens (tertiary/aromatic N) is 1. The average Bonchev–Trinajstić information content (AvgIpc) is 3.06. The number of halogens is 1. The van der Waals surface area contributed by atoms with Gasteiger partial charge in [0.1, 0.15) is 5.75 Å². The topological polar surface area (TPSA) is 64.1 Å². The zero-order chi connectivity index (χ0) is 18.0. The van der Waals surface area contributed by atoms with E-state index in [0.29, 0.717) is 26.3 Å². The molecule has 1 saturated heterocycles. The van der Waals surface area contributed by atoms with Crippen LogP contribution in [0.1, 0.15) is 32.3 Å². The maximum Gasteiger partial charge on any atom is 0.191 e. The van der Waals surface area contributed by atoms with Crippen LogP contribution in [0.25, 0.3) is 0 Å². The highest BCUT2D eigenvalue weighted by Gasteiger charge is 2.29. The molecule has 1 aromatic carbocycles. The number of rotatable bonds is 9. The van der Waals surface area contributed by atoms with Crippen LogP contribution in [0.5, 0.6) is 5.75 Å². The van der Waals surface area contributed by atoms with Gasteiger partial charge in [-0.2, -0.15) is 0 Å². The summed E-state index contributed by atoms with van der Waals surface area (Å²) in [6, 6.07) is 7.92. The van der Waals surface area contributed by atoms with Gasteiger partial charge in [-0.25, -0.2) is 0 Å². The fourth-order valence-corrected chi connectivity index (χ4v) is 2.74. The second-order valence-electron chi connectivity index (χ2n) is 6.43. The molecule has 0 spiro atoms. The van der Waals surface area contributed by atoms with Crippen LogP contribution >= 0.6 is 24.0 Å². The van der Waals surface area contributed by atoms with E-state index < -0.39 is 0 Å². The molecule has 0 bridgehead atoms. The Bertz CT molecular complexity index is 549. The first-order chi connectivity index (χ1) is 12.1. The van der Waals surface area contributed by atoms with Crippen LogP contribution in [-0.2, 0) is 16.1 Å². The van der Waals surface area contributed by atoms with Crippen molar-refractivity contribution in [3.63, 3.8) is 0 Å². The van der Waals surface area contributed by atoms with Crippen molar-refractivity contribution in [2.75, 3.05) is 40.0 Å². The number of nitrogens with one attached hydrogen (secondary N) is 2. The lowest BCUT2D eigenvalue weighted by molar-refractivity contribution is 0.0283. The molecule has 0 aromatic heterocycles. The lowest BCUT2D eigenvalue weighted by Crippen LogP contribution is -2.40. The molecule has 0 aliphatic carbocycles. The Hall–Kier alpha value is -1.06. The van der Waals surface area contributed by atoms with E-state index in [4.69, 9.17) is 14.2 Å². The maximum atomic E-state index is 5.78. The first kappa shape index (κ1) is 23.0. The molecule has 1 heterocycles. The summed E-state index contributed by atoms with van der Waals surface area (Å²) in [5.41, 5.74) is 0.983. The maximum absolute atomic E-state index is 5.78. The van der Waals surface area contributed by atoms with E-state index in [-0.39, 0.29) is 29.6 Å². The van der Waals surface area contributed by atoms with Gasteiger partial charge >= 0.3 is 0 Å². The molecule has 1 fully saturated rings. The zero-order valence-corrected chi connectivity index (χ0v) is 18.4. The van der Waals surface area contributed by atoms with E-state index in [2.05, 4.69) is 29.5 Å². The highest BCUT2D eigenvalue weighted by molar-refractivity contribution is 14.0. The van der Waals surface area contributed by atoms with Gasteiger partial charge in [-0.15, -0.1) is 24.0 Å². The molecule has 26 heavy (non-hydrogen) atoms. The van der Waals surface area contributed by atoms with Crippen molar-refractivity contribution in [2.45, 2.75) is 38.9 Å². The Labute approximate surface area is 174 Å². The van der Waals surface area contributed by atoms with Gasteiger partial charge in [-0.1, -0.05) is 12.1 Å². The lowest BCUT2D eigenvalue weighted by atomic mass is 10.0. The monoisotopic (exact) mass is 477 g/mol. The molecule has 0 saturated carbocycles. The Morgan fingerprint density at radius 2 is 2.19 bits per heavy atom. The van der Waals surface area contributed by atoms with Crippen LogP contribution in [0, 0.1) is 0 Å². The highest BCUT2D eigenvalue weighted by Crippen LogP contribution is 2.24. The second-order valence-corrected chi connectivity index (χ2v) is 6.43. The van der Waals surface area contributed by atoms with Crippen LogP contribution in [-0.4, -0.2) is 51.5 Å². The minimum absolute atomic E-state index is 0. The summed E-state index contributed by atoms with van der Waals surface area (Å²) >= 11 is 0. The molecule has 1 atom stereocenters. The summed E-state index contributed by atoms with van der Waals surface area (Å²) in [5, 5.41) is 6.56. The Morgan fingerprint density at radius 1 is 1.35 bits per heavy atom. The van der Waals surface area contributed by atoms with Gasteiger partial charge in [0.15, 0.2) is 5.96 Å². The van der Waals surface area contributed by atoms with Gasteiger partial charge < -0.3 is 24.8 Å². The van der Waals surface area contributed by atoms with E-state index in [0.717, 1.165) is 43.3 Å². The molecule has 1 aliphatic rings. The summed E-state index contributed by atoms with van der Waals surface area (Å²) in [5.74, 6) is 1.66. The summed E-state index contributed by atoms with van der Waals surface area (Å²) in [4.78, 5) is 4.64. The number of hydrogen-bond acceptors (Lipinski definition) is 4. The van der Waals surface area contributed by atoms with E-state index in [1.54, 1.807) is 7.11 Å². The molecular weight excluding hydrogens is 445 g/mol. The highest BCUT2D eigenvalue weighted by atomic mass is 127. The van der Waals surface area contributed by atoms with Gasteiger partial charge in [0.2, 0.25) is 0 Å². The van der Waals surface area contributed by atoms with Crippen LogP contribution < -0.4 is 15.4 Å². The van der Waals surface area contributed by atoms with Crippen molar-refractivity contribution in [2.24, 2.45) is 4.99 Å². The lowest BCUT2D eigenvalue weighted by Gasteiger charge is -2.21. The third-order valence-corrected chi connectivity index (χ3v) is 4.16. The molecule has 0 amide bonds. The summed E-state index contributed by atoms with van der Waals surface area (Å²) in [6.07, 6.45) is 2.19. The Morgan fingerprint density at radius 3 is 2.88 bits per heavy atom. The zero-order valence-electron chi connectivity index (χ0n) is 16.0. The van der Waals surface area contributed by atoms with E-state index >= 15 is 0 Å². The van der Waals surface area contributed by atoms with Gasteiger partial charge in [0.05, 0.1) is 32.5 Å². The number of aliphatic imine (C=N–C) groups is 1. The summed E-state index contributed by atoms with van der Waals surface area (Å²) in [7, 11) is 1.67. The van der Waals surface area contributed by atoms with Crippen LogP contribution in [0.3, 0.4) is 0 Å². The Kier molecular flexibility index (Phi) is 10.9. The number of ether oxygens (including phenoxy) is 3. The number of benzene rings is 1. The second kappa shape index (κ2) is 12.3. The van der Waals surface area contributed by atoms with Crippen LogP contribution in [0.2, 0.25) is 0 Å². The fourth-order valence-electron chi connectivity index (χ4n) is 2.74. The normalized spacial score (nSPS) is 19.7. The van der Waals surface area contributed by atoms with Crippen LogP contribution in [0.4, 0.5) is 0 Å². The average molecular weight is 477 g/mol. The SMILES string of the molecule is CCNC(=NCC1(C)CCCO1)NCCOCc1cccc(OC)c1.I. The standard InChI is InChI=1S/C19H31N3O3.HI/c1-4-20-18(22-15-19(2)9-6-11-25-19)21-10-12-24-14-16-7-5-8-17(13-16)23-3;/h5,7-8,13H,4,6,9-12,14-15H2,1-3H3,(H2,20,21,22);1H. The van der Waals surface area contributed by atoms with Crippen molar-refractivity contribution in [1.82, 2.24) is 10.6 Å². The van der Waals surface area contributed by atoms with Crippen molar-refractivity contribution in [3.05, 3.63) is 29.8 Å². The van der Waals surface area contributed by atoms with Gasteiger partial charge in [-0.3, -0.25) is 4.99 Å². The molecule has 1 aliphatic heterocycles. The van der Waals surface area contributed by atoms with E-state index in [9.17, 15) is 0 Å². The van der Waals surface area contributed by atoms with Crippen molar-refractivity contribution in [3.8, 4) is 5.75 Å². The third kappa shape index (κ3) is 8.09. The van der Waals surface area contributed by atoms with Crippen molar-refractivity contribution < 1.29 is 14.2 Å². The Balaban J connectivity index is 0.00000338. The number of hydrogen-bond donors (Lipinski definition) is 2.